The van der Waals surface area contributed by atoms with E-state index in [2.05, 4.69) is 0 Å². The van der Waals surface area contributed by atoms with Crippen molar-refractivity contribution in [2.45, 2.75) is 6.18 Å². The Kier molecular flexibility index (Phi) is 3.61. The van der Waals surface area contributed by atoms with Gasteiger partial charge in [0.05, 0.1) is 17.2 Å². The third-order valence-electron chi connectivity index (χ3n) is 2.45. The third kappa shape index (κ3) is 3.06. The lowest BCUT2D eigenvalue weighted by Crippen LogP contribution is -2.07. The molecule has 0 saturated carbocycles. The first-order chi connectivity index (χ1) is 9.40. The molecule has 0 aromatic heterocycles. The van der Waals surface area contributed by atoms with Crippen molar-refractivity contribution in [3.05, 3.63) is 59.4 Å². The minimum atomic E-state index is -4.61. The van der Waals surface area contributed by atoms with Gasteiger partial charge in [-0.25, -0.2) is 4.39 Å². The fraction of sp³-hybridized carbons (Fsp3) is 0.0714. The molecule has 0 atom stereocenters. The van der Waals surface area contributed by atoms with E-state index in [9.17, 15) is 17.6 Å². The zero-order valence-corrected chi connectivity index (χ0v) is 9.91. The van der Waals surface area contributed by atoms with Gasteiger partial charge in [0, 0.05) is 6.07 Å². The molecule has 0 amide bonds. The second-order valence-corrected chi connectivity index (χ2v) is 3.88. The minimum absolute atomic E-state index is 0.0279. The van der Waals surface area contributed by atoms with Crippen molar-refractivity contribution >= 4 is 0 Å². The van der Waals surface area contributed by atoms with Gasteiger partial charge in [-0.3, -0.25) is 0 Å². The molecule has 0 aliphatic carbocycles. The van der Waals surface area contributed by atoms with E-state index in [1.54, 1.807) is 0 Å². The van der Waals surface area contributed by atoms with Crippen LogP contribution in [0.3, 0.4) is 0 Å². The third-order valence-corrected chi connectivity index (χ3v) is 2.45. The van der Waals surface area contributed by atoms with Gasteiger partial charge in [-0.2, -0.15) is 18.4 Å². The van der Waals surface area contributed by atoms with Gasteiger partial charge in [0.1, 0.15) is 17.3 Å². The molecule has 20 heavy (non-hydrogen) atoms. The summed E-state index contributed by atoms with van der Waals surface area (Å²) in [6.07, 6.45) is -4.61. The largest absolute Gasteiger partial charge is 0.457 e. The number of rotatable bonds is 2. The molecule has 0 aliphatic heterocycles. The molecule has 0 aliphatic rings. The van der Waals surface area contributed by atoms with Crippen molar-refractivity contribution in [1.82, 2.24) is 0 Å². The summed E-state index contributed by atoms with van der Waals surface area (Å²) in [7, 11) is 0. The summed E-state index contributed by atoms with van der Waals surface area (Å²) < 4.78 is 56.0. The predicted molar refractivity (Wildman–Crippen MR) is 62.6 cm³/mol. The second kappa shape index (κ2) is 5.21. The van der Waals surface area contributed by atoms with Crippen molar-refractivity contribution in [2.75, 3.05) is 0 Å². The van der Waals surface area contributed by atoms with Gasteiger partial charge in [0.15, 0.2) is 0 Å². The molecule has 0 radical (unpaired) electrons. The first kappa shape index (κ1) is 13.9. The van der Waals surface area contributed by atoms with Crippen LogP contribution in [-0.4, -0.2) is 0 Å². The Bertz CT molecular complexity index is 674. The maximum absolute atomic E-state index is 13.0. The summed E-state index contributed by atoms with van der Waals surface area (Å²) in [5.74, 6) is -0.372. The lowest BCUT2D eigenvalue weighted by atomic mass is 10.1. The van der Waals surface area contributed by atoms with Crippen molar-refractivity contribution in [2.24, 2.45) is 0 Å². The maximum atomic E-state index is 13.0. The lowest BCUT2D eigenvalue weighted by Gasteiger charge is -2.11. The molecular formula is C14H7F4NO. The van der Waals surface area contributed by atoms with Gasteiger partial charge in [-0.15, -0.1) is 0 Å². The molecule has 2 rings (SSSR count). The molecule has 0 unspecified atom stereocenters. The highest BCUT2D eigenvalue weighted by atomic mass is 19.4. The first-order valence-corrected chi connectivity index (χ1v) is 5.45. The monoisotopic (exact) mass is 281 g/mol. The van der Waals surface area contributed by atoms with Crippen LogP contribution in [0.5, 0.6) is 11.5 Å². The average Bonchev–Trinajstić information content (AvgIpc) is 2.37. The highest BCUT2D eigenvalue weighted by Crippen LogP contribution is 2.34. The van der Waals surface area contributed by atoms with Crippen molar-refractivity contribution in [3.8, 4) is 17.6 Å². The number of halogens is 4. The van der Waals surface area contributed by atoms with E-state index in [1.165, 1.54) is 24.3 Å². The quantitative estimate of drug-likeness (QED) is 0.759. The summed E-state index contributed by atoms with van der Waals surface area (Å²) >= 11 is 0. The predicted octanol–water partition coefficient (Wildman–Crippen LogP) is 4.51. The van der Waals surface area contributed by atoms with Crippen LogP contribution in [0, 0.1) is 17.1 Å². The molecule has 2 aromatic rings. The number of ether oxygens (including phenoxy) is 1. The highest BCUT2D eigenvalue weighted by molar-refractivity contribution is 5.45. The molecule has 0 fully saturated rings. The Hall–Kier alpha value is -2.55. The Morgan fingerprint density at radius 1 is 1.00 bits per heavy atom. The molecule has 0 saturated heterocycles. The van der Waals surface area contributed by atoms with Crippen molar-refractivity contribution in [3.63, 3.8) is 0 Å². The van der Waals surface area contributed by atoms with Crippen LogP contribution in [0.1, 0.15) is 11.1 Å². The summed E-state index contributed by atoms with van der Waals surface area (Å²) in [6.45, 7) is 0. The molecule has 6 heteroatoms. The SMILES string of the molecule is N#Cc1cc(Oc2cccc(F)c2)ccc1C(F)(F)F. The maximum Gasteiger partial charge on any atom is 0.417 e. The summed E-state index contributed by atoms with van der Waals surface area (Å²) in [5, 5.41) is 8.75. The van der Waals surface area contributed by atoms with Gasteiger partial charge in [0.2, 0.25) is 0 Å². The van der Waals surface area contributed by atoms with Crippen molar-refractivity contribution in [1.29, 1.82) is 5.26 Å². The minimum Gasteiger partial charge on any atom is -0.457 e. The molecule has 2 aromatic carbocycles. The van der Waals surface area contributed by atoms with Crippen LogP contribution in [-0.2, 0) is 6.18 Å². The fourth-order valence-corrected chi connectivity index (χ4v) is 1.59. The number of nitriles is 1. The fourth-order valence-electron chi connectivity index (χ4n) is 1.59. The number of hydrogen-bond donors (Lipinski definition) is 0. The van der Waals surface area contributed by atoms with E-state index >= 15 is 0 Å². The summed E-state index contributed by atoms with van der Waals surface area (Å²) in [5.41, 5.74) is -1.59. The van der Waals surface area contributed by atoms with Crippen LogP contribution >= 0.6 is 0 Å². The normalized spacial score (nSPS) is 10.9. The zero-order chi connectivity index (χ0) is 14.8. The van der Waals surface area contributed by atoms with Crippen LogP contribution in [0.25, 0.3) is 0 Å². The van der Waals surface area contributed by atoms with Crippen LogP contribution in [0.15, 0.2) is 42.5 Å². The zero-order valence-electron chi connectivity index (χ0n) is 9.91. The van der Waals surface area contributed by atoms with Crippen LogP contribution in [0.2, 0.25) is 0 Å². The van der Waals surface area contributed by atoms with E-state index in [0.29, 0.717) is 0 Å². The van der Waals surface area contributed by atoms with Crippen LogP contribution in [0.4, 0.5) is 17.6 Å². The summed E-state index contributed by atoms with van der Waals surface area (Å²) in [4.78, 5) is 0. The van der Waals surface area contributed by atoms with Crippen molar-refractivity contribution < 1.29 is 22.3 Å². The van der Waals surface area contributed by atoms with E-state index in [1.807, 2.05) is 0 Å². The number of benzene rings is 2. The molecule has 2 nitrogen and oxygen atoms in total. The molecule has 0 bridgehead atoms. The Morgan fingerprint density at radius 2 is 1.70 bits per heavy atom. The molecular weight excluding hydrogens is 274 g/mol. The standard InChI is InChI=1S/C14H7F4NO/c15-10-2-1-3-11(7-10)20-12-4-5-13(14(16,17)18)9(6-12)8-19/h1-7H. The molecule has 0 spiro atoms. The van der Waals surface area contributed by atoms with Gasteiger partial charge in [-0.1, -0.05) is 6.07 Å². The highest BCUT2D eigenvalue weighted by Gasteiger charge is 2.33. The van der Waals surface area contributed by atoms with E-state index < -0.39 is 23.1 Å². The molecule has 0 N–H and O–H groups in total. The Balaban J connectivity index is 2.34. The average molecular weight is 281 g/mol. The number of alkyl halides is 3. The number of nitrogens with zero attached hydrogens (tertiary/aromatic N) is 1. The van der Waals surface area contributed by atoms with Gasteiger partial charge < -0.3 is 4.74 Å². The number of hydrogen-bond acceptors (Lipinski definition) is 2. The van der Waals surface area contributed by atoms with E-state index in [4.69, 9.17) is 10.00 Å². The molecule has 0 heterocycles. The lowest BCUT2D eigenvalue weighted by molar-refractivity contribution is -0.137. The second-order valence-electron chi connectivity index (χ2n) is 3.88. The van der Waals surface area contributed by atoms with Gasteiger partial charge in [-0.05, 0) is 30.3 Å². The molecule has 102 valence electrons. The Labute approximate surface area is 111 Å². The van der Waals surface area contributed by atoms with Gasteiger partial charge in [0.25, 0.3) is 0 Å². The Morgan fingerprint density at radius 3 is 2.30 bits per heavy atom. The first-order valence-electron chi connectivity index (χ1n) is 5.45. The summed E-state index contributed by atoms with van der Waals surface area (Å²) in [6, 6.07) is 9.42. The smallest absolute Gasteiger partial charge is 0.417 e. The topological polar surface area (TPSA) is 33.0 Å². The van der Waals surface area contributed by atoms with E-state index in [0.717, 1.165) is 24.3 Å². The van der Waals surface area contributed by atoms with Gasteiger partial charge >= 0.3 is 6.18 Å². The van der Waals surface area contributed by atoms with Crippen LogP contribution < -0.4 is 4.74 Å². The van der Waals surface area contributed by atoms with E-state index in [-0.39, 0.29) is 11.5 Å².